The molecule has 1 aromatic carbocycles. The standard InChI is InChI=1S/C10H9BrFN7O2/c11-7-3-6(1-2-8(7)12)18-5-10(19(20)21-18)13-4-9-14-16-17-15-9/h1-3,5,13,20H,4H2,(H,14,15,16,17). The summed E-state index contributed by atoms with van der Waals surface area (Å²) in [5, 5.41) is 27.6. The largest absolute Gasteiger partial charge is 0.359 e. The molecule has 0 saturated heterocycles. The summed E-state index contributed by atoms with van der Waals surface area (Å²) in [5.74, 6) is 0.297. The lowest BCUT2D eigenvalue weighted by Crippen LogP contribution is -2.26. The first kappa shape index (κ1) is 13.7. The Bertz CT molecular complexity index is 665. The number of hydrogen-bond acceptors (Lipinski definition) is 8. The molecule has 0 fully saturated rings. The maximum Gasteiger partial charge on any atom is 0.193 e. The van der Waals surface area contributed by atoms with Crippen molar-refractivity contribution in [3.05, 3.63) is 46.3 Å². The molecule has 21 heavy (non-hydrogen) atoms. The van der Waals surface area contributed by atoms with Crippen LogP contribution in [0.15, 0.2) is 34.7 Å². The van der Waals surface area contributed by atoms with E-state index in [1.54, 1.807) is 0 Å². The molecule has 0 unspecified atom stereocenters. The molecule has 0 aliphatic carbocycles. The van der Waals surface area contributed by atoms with Gasteiger partial charge in [-0.2, -0.15) is 10.3 Å². The first-order valence-electron chi connectivity index (χ1n) is 5.73. The minimum absolute atomic E-state index is 0.240. The summed E-state index contributed by atoms with van der Waals surface area (Å²) in [4.78, 5) is 5.08. The Morgan fingerprint density at radius 3 is 3.05 bits per heavy atom. The highest BCUT2D eigenvalue weighted by molar-refractivity contribution is 9.10. The van der Waals surface area contributed by atoms with E-state index in [-0.39, 0.29) is 16.8 Å². The van der Waals surface area contributed by atoms with Crippen molar-refractivity contribution in [3.8, 4) is 0 Å². The average Bonchev–Trinajstić information content (AvgIpc) is 3.09. The molecular formula is C10H9BrFN7O2. The van der Waals surface area contributed by atoms with Gasteiger partial charge in [0.15, 0.2) is 11.6 Å². The van der Waals surface area contributed by atoms with E-state index < -0.39 is 5.82 Å². The number of benzene rings is 1. The Morgan fingerprint density at radius 2 is 2.33 bits per heavy atom. The molecule has 3 N–H and O–H groups in total. The van der Waals surface area contributed by atoms with Crippen LogP contribution >= 0.6 is 15.9 Å². The lowest BCUT2D eigenvalue weighted by molar-refractivity contribution is -0.306. The summed E-state index contributed by atoms with van der Waals surface area (Å²) in [6.07, 6.45) is 1.49. The van der Waals surface area contributed by atoms with Gasteiger partial charge in [0.05, 0.1) is 22.9 Å². The van der Waals surface area contributed by atoms with Gasteiger partial charge in [-0.1, -0.05) is 10.4 Å². The molecule has 1 aliphatic heterocycles. The van der Waals surface area contributed by atoms with Crippen LogP contribution in [0.25, 0.3) is 0 Å². The van der Waals surface area contributed by atoms with Crippen molar-refractivity contribution in [2.45, 2.75) is 6.54 Å². The van der Waals surface area contributed by atoms with E-state index >= 15 is 0 Å². The Labute approximate surface area is 126 Å². The molecule has 0 atom stereocenters. The predicted octanol–water partition coefficient (Wildman–Crippen LogP) is 1.05. The molecule has 1 aromatic heterocycles. The summed E-state index contributed by atoms with van der Waals surface area (Å²) in [6.45, 7) is 0.240. The van der Waals surface area contributed by atoms with Gasteiger partial charge < -0.3 is 5.32 Å². The van der Waals surface area contributed by atoms with Crippen molar-refractivity contribution in [3.63, 3.8) is 0 Å². The average molecular weight is 358 g/mol. The fourth-order valence-electron chi connectivity index (χ4n) is 1.60. The highest BCUT2D eigenvalue weighted by Crippen LogP contribution is 2.27. The molecule has 110 valence electrons. The van der Waals surface area contributed by atoms with Crippen molar-refractivity contribution in [1.82, 2.24) is 31.2 Å². The van der Waals surface area contributed by atoms with E-state index in [0.717, 1.165) is 0 Å². The summed E-state index contributed by atoms with van der Waals surface area (Å²) in [5.41, 5.74) is 0.527. The molecule has 0 spiro atoms. The predicted molar refractivity (Wildman–Crippen MR) is 70.4 cm³/mol. The summed E-state index contributed by atoms with van der Waals surface area (Å²) in [7, 11) is 0. The third kappa shape index (κ3) is 2.94. The molecule has 2 aromatic rings. The highest BCUT2D eigenvalue weighted by atomic mass is 79.9. The number of hydrogen-bond donors (Lipinski definition) is 3. The first-order valence-corrected chi connectivity index (χ1v) is 6.52. The zero-order valence-electron chi connectivity index (χ0n) is 10.4. The molecule has 2 heterocycles. The Hall–Kier alpha value is -2.24. The number of halogens is 2. The first-order chi connectivity index (χ1) is 10.1. The maximum absolute atomic E-state index is 13.2. The van der Waals surface area contributed by atoms with Crippen LogP contribution in [0.5, 0.6) is 0 Å². The number of aromatic amines is 1. The van der Waals surface area contributed by atoms with Gasteiger partial charge in [0.25, 0.3) is 0 Å². The van der Waals surface area contributed by atoms with Gasteiger partial charge in [-0.05, 0) is 34.1 Å². The minimum Gasteiger partial charge on any atom is -0.359 e. The summed E-state index contributed by atoms with van der Waals surface area (Å²) >= 11 is 3.08. The Balaban J connectivity index is 1.72. The lowest BCUT2D eigenvalue weighted by atomic mass is 10.3. The fraction of sp³-hybridized carbons (Fsp3) is 0.100. The number of hydroxylamine groups is 3. The smallest absolute Gasteiger partial charge is 0.193 e. The number of aromatic nitrogens is 4. The summed E-state index contributed by atoms with van der Waals surface area (Å²) < 4.78 is 13.5. The van der Waals surface area contributed by atoms with Crippen LogP contribution in [0, 0.1) is 5.82 Å². The maximum atomic E-state index is 13.2. The van der Waals surface area contributed by atoms with Crippen LogP contribution in [0.4, 0.5) is 10.1 Å². The zero-order chi connectivity index (χ0) is 14.8. The van der Waals surface area contributed by atoms with Crippen LogP contribution in [0.1, 0.15) is 5.82 Å². The number of anilines is 1. The second kappa shape index (κ2) is 5.63. The van der Waals surface area contributed by atoms with Crippen molar-refractivity contribution >= 4 is 21.6 Å². The third-order valence-corrected chi connectivity index (χ3v) is 3.19. The molecule has 0 saturated carbocycles. The molecular weight excluding hydrogens is 349 g/mol. The van der Waals surface area contributed by atoms with Crippen molar-refractivity contribution in [2.24, 2.45) is 0 Å². The number of nitrogens with zero attached hydrogens (tertiary/aromatic N) is 5. The van der Waals surface area contributed by atoms with Crippen molar-refractivity contribution < 1.29 is 14.5 Å². The molecule has 0 amide bonds. The van der Waals surface area contributed by atoms with Crippen LogP contribution < -0.4 is 10.4 Å². The SMILES string of the molecule is ON1ON(c2ccc(F)c(Br)c2)C=C1NCc1nn[nH]n1. The summed E-state index contributed by atoms with van der Waals surface area (Å²) in [6, 6.07) is 4.30. The third-order valence-electron chi connectivity index (χ3n) is 2.59. The zero-order valence-corrected chi connectivity index (χ0v) is 11.9. The molecule has 11 heteroatoms. The fourth-order valence-corrected chi connectivity index (χ4v) is 1.96. The Morgan fingerprint density at radius 1 is 1.48 bits per heavy atom. The van der Waals surface area contributed by atoms with Crippen LogP contribution in [-0.2, 0) is 11.5 Å². The monoisotopic (exact) mass is 357 g/mol. The van der Waals surface area contributed by atoms with E-state index in [2.05, 4.69) is 41.9 Å². The van der Waals surface area contributed by atoms with Gasteiger partial charge in [0, 0.05) is 0 Å². The van der Waals surface area contributed by atoms with E-state index in [9.17, 15) is 9.60 Å². The van der Waals surface area contributed by atoms with Gasteiger partial charge >= 0.3 is 0 Å². The topological polar surface area (TPSA) is 102 Å². The van der Waals surface area contributed by atoms with Crippen LogP contribution in [0.3, 0.4) is 0 Å². The second-order valence-electron chi connectivity index (χ2n) is 3.97. The molecule has 0 radical (unpaired) electrons. The molecule has 3 rings (SSSR count). The Kier molecular flexibility index (Phi) is 3.68. The number of H-pyrrole nitrogens is 1. The highest BCUT2D eigenvalue weighted by Gasteiger charge is 2.23. The molecule has 1 aliphatic rings. The quantitative estimate of drug-likeness (QED) is 0.746. The van der Waals surface area contributed by atoms with E-state index in [1.807, 2.05) is 0 Å². The number of rotatable bonds is 4. The molecule has 9 nitrogen and oxygen atoms in total. The van der Waals surface area contributed by atoms with E-state index in [0.29, 0.717) is 16.7 Å². The van der Waals surface area contributed by atoms with Gasteiger partial charge in [0.2, 0.25) is 0 Å². The lowest BCUT2D eigenvalue weighted by Gasteiger charge is -2.16. The van der Waals surface area contributed by atoms with E-state index in [4.69, 9.17) is 4.94 Å². The van der Waals surface area contributed by atoms with Gasteiger partial charge in [0.1, 0.15) is 5.82 Å². The van der Waals surface area contributed by atoms with Crippen molar-refractivity contribution in [1.29, 1.82) is 0 Å². The van der Waals surface area contributed by atoms with Crippen LogP contribution in [-0.4, -0.2) is 31.1 Å². The minimum atomic E-state index is -0.391. The van der Waals surface area contributed by atoms with Gasteiger partial charge in [-0.3, -0.25) is 5.21 Å². The van der Waals surface area contributed by atoms with Crippen LogP contribution in [0.2, 0.25) is 0 Å². The van der Waals surface area contributed by atoms with Gasteiger partial charge in [-0.25, -0.2) is 4.39 Å². The van der Waals surface area contributed by atoms with E-state index in [1.165, 1.54) is 29.5 Å². The normalized spacial score (nSPS) is 14.5. The van der Waals surface area contributed by atoms with Crippen molar-refractivity contribution in [2.75, 3.05) is 5.06 Å². The number of nitrogens with one attached hydrogen (secondary N) is 2. The molecule has 0 bridgehead atoms. The second-order valence-corrected chi connectivity index (χ2v) is 4.83. The number of tetrazole rings is 1. The van der Waals surface area contributed by atoms with Gasteiger partial charge in [-0.15, -0.1) is 15.1 Å².